The summed E-state index contributed by atoms with van der Waals surface area (Å²) in [6.07, 6.45) is 0. The van der Waals surface area contributed by atoms with Crippen LogP contribution >= 0.6 is 22.9 Å². The maximum Gasteiger partial charge on any atom is 0.325 e. The first-order valence-corrected chi connectivity index (χ1v) is 6.68. The van der Waals surface area contributed by atoms with E-state index in [-0.39, 0.29) is 0 Å². The van der Waals surface area contributed by atoms with Crippen LogP contribution in [-0.4, -0.2) is 18.1 Å². The van der Waals surface area contributed by atoms with E-state index in [1.54, 1.807) is 18.2 Å². The molecule has 7 heteroatoms. The second kappa shape index (κ2) is 5.90. The Labute approximate surface area is 119 Å². The maximum atomic E-state index is 11.8. The zero-order valence-corrected chi connectivity index (χ0v) is 11.9. The number of carbonyl (C=O) groups is 1. The van der Waals surface area contributed by atoms with Crippen molar-refractivity contribution >= 4 is 39.8 Å². The van der Waals surface area contributed by atoms with Crippen LogP contribution in [0.4, 0.5) is 15.6 Å². The molecule has 0 unspecified atom stereocenters. The molecular formula is C12H12ClN3O2S. The standard InChI is InChI=1S/C12H12ClN3O2S/c1-7-6-19-12(14-7)16-11(17)15-9-5-8(13)3-4-10(9)18-2/h3-6H,1-2H3,(H2,14,15,16,17). The Morgan fingerprint density at radius 3 is 2.84 bits per heavy atom. The van der Waals surface area contributed by atoms with Gasteiger partial charge in [0.05, 0.1) is 18.5 Å². The highest BCUT2D eigenvalue weighted by Gasteiger charge is 2.09. The molecule has 1 aromatic heterocycles. The molecule has 0 saturated heterocycles. The van der Waals surface area contributed by atoms with Gasteiger partial charge in [0.2, 0.25) is 0 Å². The Balaban J connectivity index is 2.08. The molecule has 1 aromatic carbocycles. The van der Waals surface area contributed by atoms with Gasteiger partial charge in [-0.3, -0.25) is 5.32 Å². The predicted molar refractivity (Wildman–Crippen MR) is 77.5 cm³/mol. The van der Waals surface area contributed by atoms with Crippen molar-refractivity contribution in [1.82, 2.24) is 4.98 Å². The number of anilines is 2. The van der Waals surface area contributed by atoms with Crippen LogP contribution in [0, 0.1) is 6.92 Å². The number of urea groups is 1. The van der Waals surface area contributed by atoms with Crippen molar-refractivity contribution in [3.63, 3.8) is 0 Å². The predicted octanol–water partition coefficient (Wildman–Crippen LogP) is 3.76. The topological polar surface area (TPSA) is 63.2 Å². The van der Waals surface area contributed by atoms with E-state index in [0.29, 0.717) is 21.6 Å². The normalized spacial score (nSPS) is 10.1. The van der Waals surface area contributed by atoms with Crippen LogP contribution in [0.2, 0.25) is 5.02 Å². The minimum absolute atomic E-state index is 0.394. The van der Waals surface area contributed by atoms with Crippen molar-refractivity contribution in [1.29, 1.82) is 0 Å². The second-order valence-electron chi connectivity index (χ2n) is 3.72. The van der Waals surface area contributed by atoms with Gasteiger partial charge in [-0.2, -0.15) is 0 Å². The summed E-state index contributed by atoms with van der Waals surface area (Å²) in [6, 6.07) is 4.60. The average molecular weight is 298 g/mol. The summed E-state index contributed by atoms with van der Waals surface area (Å²) in [4.78, 5) is 16.0. The Morgan fingerprint density at radius 1 is 1.42 bits per heavy atom. The molecule has 2 rings (SSSR count). The number of thiazole rings is 1. The van der Waals surface area contributed by atoms with Crippen LogP contribution in [0.1, 0.15) is 5.69 Å². The molecule has 19 heavy (non-hydrogen) atoms. The highest BCUT2D eigenvalue weighted by Crippen LogP contribution is 2.27. The highest BCUT2D eigenvalue weighted by atomic mass is 35.5. The molecule has 0 aliphatic rings. The van der Waals surface area contributed by atoms with Crippen molar-refractivity contribution in [3.05, 3.63) is 34.3 Å². The van der Waals surface area contributed by atoms with Crippen molar-refractivity contribution in [2.45, 2.75) is 6.92 Å². The maximum absolute atomic E-state index is 11.8. The summed E-state index contributed by atoms with van der Waals surface area (Å²) in [5, 5.41) is 8.22. The van der Waals surface area contributed by atoms with E-state index in [1.807, 2.05) is 12.3 Å². The minimum Gasteiger partial charge on any atom is -0.495 e. The van der Waals surface area contributed by atoms with Gasteiger partial charge in [0.25, 0.3) is 0 Å². The van der Waals surface area contributed by atoms with Gasteiger partial charge < -0.3 is 10.1 Å². The molecule has 0 fully saturated rings. The molecule has 0 spiro atoms. The Bertz CT molecular complexity index is 600. The second-order valence-corrected chi connectivity index (χ2v) is 5.01. The number of rotatable bonds is 3. The van der Waals surface area contributed by atoms with Crippen LogP contribution in [0.5, 0.6) is 5.75 Å². The van der Waals surface area contributed by atoms with Gasteiger partial charge in [-0.15, -0.1) is 11.3 Å². The number of aryl methyl sites for hydroxylation is 1. The molecule has 5 nitrogen and oxygen atoms in total. The first-order chi connectivity index (χ1) is 9.08. The SMILES string of the molecule is COc1ccc(Cl)cc1NC(=O)Nc1nc(C)cs1. The molecule has 0 radical (unpaired) electrons. The zero-order valence-electron chi connectivity index (χ0n) is 10.4. The van der Waals surface area contributed by atoms with Crippen molar-refractivity contribution in [3.8, 4) is 5.75 Å². The molecule has 0 aliphatic heterocycles. The summed E-state index contributed by atoms with van der Waals surface area (Å²) in [7, 11) is 1.52. The fraction of sp³-hybridized carbons (Fsp3) is 0.167. The van der Waals surface area contributed by atoms with E-state index in [9.17, 15) is 4.79 Å². The Kier molecular flexibility index (Phi) is 4.24. The molecule has 1 heterocycles. The van der Waals surface area contributed by atoms with E-state index < -0.39 is 6.03 Å². The number of carbonyl (C=O) groups excluding carboxylic acids is 1. The van der Waals surface area contributed by atoms with Crippen LogP contribution in [0.25, 0.3) is 0 Å². The fourth-order valence-corrected chi connectivity index (χ4v) is 2.30. The number of ether oxygens (including phenoxy) is 1. The lowest BCUT2D eigenvalue weighted by Gasteiger charge is -2.10. The largest absolute Gasteiger partial charge is 0.495 e. The van der Waals surface area contributed by atoms with Gasteiger partial charge >= 0.3 is 6.03 Å². The van der Waals surface area contributed by atoms with Crippen molar-refractivity contribution < 1.29 is 9.53 Å². The molecule has 0 aliphatic carbocycles. The monoisotopic (exact) mass is 297 g/mol. The summed E-state index contributed by atoms with van der Waals surface area (Å²) in [6.45, 7) is 1.86. The molecule has 100 valence electrons. The quantitative estimate of drug-likeness (QED) is 0.906. The summed E-state index contributed by atoms with van der Waals surface area (Å²) >= 11 is 7.24. The molecule has 2 N–H and O–H groups in total. The number of methoxy groups -OCH3 is 1. The van der Waals surface area contributed by atoms with Crippen LogP contribution in [0.15, 0.2) is 23.6 Å². The molecular weight excluding hydrogens is 286 g/mol. The fourth-order valence-electron chi connectivity index (χ4n) is 1.44. The lowest BCUT2D eigenvalue weighted by atomic mass is 10.3. The highest BCUT2D eigenvalue weighted by molar-refractivity contribution is 7.13. The van der Waals surface area contributed by atoms with Crippen molar-refractivity contribution in [2.24, 2.45) is 0 Å². The lowest BCUT2D eigenvalue weighted by molar-refractivity contribution is 0.262. The summed E-state index contributed by atoms with van der Waals surface area (Å²) in [5.41, 5.74) is 1.36. The summed E-state index contributed by atoms with van der Waals surface area (Å²) < 4.78 is 5.14. The van der Waals surface area contributed by atoms with E-state index in [4.69, 9.17) is 16.3 Å². The Morgan fingerprint density at radius 2 is 2.21 bits per heavy atom. The van der Waals surface area contributed by atoms with Crippen LogP contribution < -0.4 is 15.4 Å². The van der Waals surface area contributed by atoms with Gasteiger partial charge in [-0.05, 0) is 25.1 Å². The summed E-state index contributed by atoms with van der Waals surface area (Å²) in [5.74, 6) is 0.537. The van der Waals surface area contributed by atoms with Gasteiger partial charge in [-0.1, -0.05) is 11.6 Å². The smallest absolute Gasteiger partial charge is 0.325 e. The number of hydrogen-bond acceptors (Lipinski definition) is 4. The van der Waals surface area contributed by atoms with E-state index >= 15 is 0 Å². The molecule has 0 saturated carbocycles. The van der Waals surface area contributed by atoms with Crippen molar-refractivity contribution in [2.75, 3.05) is 17.7 Å². The average Bonchev–Trinajstić information content (AvgIpc) is 2.75. The number of halogens is 1. The number of hydrogen-bond donors (Lipinski definition) is 2. The zero-order chi connectivity index (χ0) is 13.8. The van der Waals surface area contributed by atoms with Gasteiger partial charge in [-0.25, -0.2) is 9.78 Å². The first kappa shape index (κ1) is 13.6. The van der Waals surface area contributed by atoms with E-state index in [1.165, 1.54) is 18.4 Å². The third-order valence-electron chi connectivity index (χ3n) is 2.25. The third-order valence-corrected chi connectivity index (χ3v) is 3.36. The van der Waals surface area contributed by atoms with Gasteiger partial charge in [0.1, 0.15) is 5.75 Å². The number of amides is 2. The van der Waals surface area contributed by atoms with E-state index in [2.05, 4.69) is 15.6 Å². The first-order valence-electron chi connectivity index (χ1n) is 5.42. The number of nitrogens with zero attached hydrogens (tertiary/aromatic N) is 1. The van der Waals surface area contributed by atoms with Crippen LogP contribution in [0.3, 0.4) is 0 Å². The molecule has 2 aromatic rings. The van der Waals surface area contributed by atoms with Gasteiger partial charge in [0.15, 0.2) is 5.13 Å². The molecule has 2 amide bonds. The lowest BCUT2D eigenvalue weighted by Crippen LogP contribution is -2.19. The van der Waals surface area contributed by atoms with Crippen LogP contribution in [-0.2, 0) is 0 Å². The molecule has 0 atom stereocenters. The van der Waals surface area contributed by atoms with E-state index in [0.717, 1.165) is 5.69 Å². The molecule has 0 bridgehead atoms. The number of nitrogens with one attached hydrogen (secondary N) is 2. The Hall–Kier alpha value is -1.79. The minimum atomic E-state index is -0.394. The third kappa shape index (κ3) is 3.59. The number of benzene rings is 1. The van der Waals surface area contributed by atoms with Gasteiger partial charge in [0, 0.05) is 10.4 Å². The number of aromatic nitrogens is 1.